The zero-order valence-corrected chi connectivity index (χ0v) is 15.0. The molecule has 2 heterocycles. The van der Waals surface area contributed by atoms with E-state index in [4.69, 9.17) is 11.6 Å². The van der Waals surface area contributed by atoms with Crippen LogP contribution in [0.5, 0.6) is 0 Å². The van der Waals surface area contributed by atoms with Crippen LogP contribution in [0.15, 0.2) is 48.8 Å². The Morgan fingerprint density at radius 1 is 1.19 bits per heavy atom. The van der Waals surface area contributed by atoms with E-state index in [1.54, 1.807) is 36.7 Å². The number of anilines is 1. The minimum atomic E-state index is -0.452. The van der Waals surface area contributed by atoms with Crippen molar-refractivity contribution >= 4 is 23.1 Å². The van der Waals surface area contributed by atoms with E-state index in [9.17, 15) is 9.60 Å². The second-order valence-electron chi connectivity index (χ2n) is 6.31. The quantitative estimate of drug-likeness (QED) is 0.511. The summed E-state index contributed by atoms with van der Waals surface area (Å²) in [5, 5.41) is 13.6. The lowest BCUT2D eigenvalue weighted by Gasteiger charge is -2.13. The molecule has 0 bridgehead atoms. The molecule has 0 aliphatic carbocycles. The van der Waals surface area contributed by atoms with Crippen LogP contribution in [0.1, 0.15) is 16.8 Å². The summed E-state index contributed by atoms with van der Waals surface area (Å²) in [6.45, 7) is 0.0451. The Balaban J connectivity index is 2.06. The first kappa shape index (κ1) is 16.6. The van der Waals surface area contributed by atoms with Crippen molar-refractivity contribution in [1.82, 2.24) is 9.55 Å². The first-order valence-electron chi connectivity index (χ1n) is 8.07. The summed E-state index contributed by atoms with van der Waals surface area (Å²) in [6, 6.07) is 11.5. The van der Waals surface area contributed by atoms with E-state index in [-0.39, 0.29) is 17.8 Å². The predicted octanol–water partition coefficient (Wildman–Crippen LogP) is 3.59. The van der Waals surface area contributed by atoms with Gasteiger partial charge in [0.05, 0.1) is 16.8 Å². The van der Waals surface area contributed by atoms with Gasteiger partial charge in [0, 0.05) is 19.1 Å². The Labute approximate surface area is 155 Å². The van der Waals surface area contributed by atoms with Gasteiger partial charge in [-0.05, 0) is 30.3 Å². The van der Waals surface area contributed by atoms with Crippen molar-refractivity contribution < 1.29 is 9.13 Å². The van der Waals surface area contributed by atoms with E-state index >= 15 is 0 Å². The lowest BCUT2D eigenvalue weighted by molar-refractivity contribution is -0.474. The molecule has 0 unspecified atom stereocenters. The van der Waals surface area contributed by atoms with Gasteiger partial charge in [-0.15, -0.1) is 0 Å². The molecule has 0 radical (unpaired) electrons. The van der Waals surface area contributed by atoms with Crippen molar-refractivity contribution in [1.29, 1.82) is 0 Å². The number of rotatable bonds is 2. The Kier molecular flexibility index (Phi) is 3.92. The van der Waals surface area contributed by atoms with E-state index in [1.807, 2.05) is 29.6 Å². The van der Waals surface area contributed by atoms with Gasteiger partial charge in [0.25, 0.3) is 0 Å². The van der Waals surface area contributed by atoms with Gasteiger partial charge in [-0.3, -0.25) is 4.57 Å². The van der Waals surface area contributed by atoms with Gasteiger partial charge in [0.2, 0.25) is 5.71 Å². The van der Waals surface area contributed by atoms with Crippen molar-refractivity contribution in [3.63, 3.8) is 0 Å². The fraction of sp³-hybridized carbons (Fsp3) is 0.158. The van der Waals surface area contributed by atoms with E-state index in [0.717, 1.165) is 16.1 Å². The van der Waals surface area contributed by atoms with Crippen molar-refractivity contribution in [2.75, 3.05) is 19.0 Å². The maximum absolute atomic E-state index is 14.5. The average Bonchev–Trinajstić information content (AvgIpc) is 2.96. The number of hydrogen-bond acceptors (Lipinski definition) is 3. The average molecular weight is 371 g/mol. The SMILES string of the molecule is CN(C)c1ncn2c1C[N+]([O-])=C(c1ccccc1F)c1cc(Cl)ccc1-2. The second-order valence-corrected chi connectivity index (χ2v) is 6.74. The van der Waals surface area contributed by atoms with Gasteiger partial charge in [-0.25, -0.2) is 9.37 Å². The molecule has 0 amide bonds. The Bertz CT molecular complexity index is 1040. The fourth-order valence-corrected chi connectivity index (χ4v) is 3.45. The van der Waals surface area contributed by atoms with Gasteiger partial charge >= 0.3 is 0 Å². The fourth-order valence-electron chi connectivity index (χ4n) is 3.28. The maximum Gasteiger partial charge on any atom is 0.231 e. The van der Waals surface area contributed by atoms with Crippen LogP contribution in [-0.4, -0.2) is 34.1 Å². The standard InChI is InChI=1S/C19H16ClFN4O/c1-23(2)19-17-10-25(26)18(13-5-3-4-6-15(13)21)14-9-12(20)7-8-16(14)24(17)11-22-19/h3-9,11H,10H2,1-2H3. The molecule has 26 heavy (non-hydrogen) atoms. The van der Waals surface area contributed by atoms with Gasteiger partial charge in [-0.1, -0.05) is 23.7 Å². The lowest BCUT2D eigenvalue weighted by atomic mass is 10.00. The summed E-state index contributed by atoms with van der Waals surface area (Å²) < 4.78 is 17.2. The molecule has 5 nitrogen and oxygen atoms in total. The third-order valence-corrected chi connectivity index (χ3v) is 4.65. The molecule has 2 aromatic carbocycles. The molecule has 0 saturated heterocycles. The summed E-state index contributed by atoms with van der Waals surface area (Å²) >= 11 is 6.19. The van der Waals surface area contributed by atoms with Crippen LogP contribution in [-0.2, 0) is 6.54 Å². The van der Waals surface area contributed by atoms with Crippen molar-refractivity contribution in [3.05, 3.63) is 81.7 Å². The van der Waals surface area contributed by atoms with E-state index in [0.29, 0.717) is 16.4 Å². The molecule has 1 aromatic heterocycles. The number of halogens is 2. The number of fused-ring (bicyclic) bond motifs is 3. The summed E-state index contributed by atoms with van der Waals surface area (Å²) in [4.78, 5) is 6.27. The zero-order valence-electron chi connectivity index (χ0n) is 14.3. The minimum Gasteiger partial charge on any atom is -0.623 e. The number of hydrogen-bond donors (Lipinski definition) is 0. The Morgan fingerprint density at radius 3 is 2.69 bits per heavy atom. The highest BCUT2D eigenvalue weighted by Gasteiger charge is 2.30. The van der Waals surface area contributed by atoms with Gasteiger partial charge in [0.1, 0.15) is 17.8 Å². The van der Waals surface area contributed by atoms with Crippen LogP contribution >= 0.6 is 11.6 Å². The number of nitrogens with zero attached hydrogens (tertiary/aromatic N) is 4. The van der Waals surface area contributed by atoms with Crippen LogP contribution in [0.3, 0.4) is 0 Å². The molecule has 4 rings (SSSR count). The molecule has 0 saturated carbocycles. The molecule has 0 atom stereocenters. The highest BCUT2D eigenvalue weighted by molar-refractivity contribution is 6.31. The molecular weight excluding hydrogens is 355 g/mol. The normalized spacial score (nSPS) is 13.2. The predicted molar refractivity (Wildman–Crippen MR) is 99.8 cm³/mol. The number of hydroxylamine groups is 1. The van der Waals surface area contributed by atoms with Crippen LogP contribution < -0.4 is 4.90 Å². The first-order valence-corrected chi connectivity index (χ1v) is 8.45. The van der Waals surface area contributed by atoms with Crippen LogP contribution in [0, 0.1) is 11.0 Å². The third-order valence-electron chi connectivity index (χ3n) is 4.41. The van der Waals surface area contributed by atoms with Gasteiger partial charge in [-0.2, -0.15) is 4.74 Å². The molecule has 132 valence electrons. The minimum absolute atomic E-state index is 0.0451. The number of benzene rings is 2. The summed E-state index contributed by atoms with van der Waals surface area (Å²) in [7, 11) is 3.74. The molecule has 7 heteroatoms. The molecular formula is C19H16ClFN4O. The smallest absolute Gasteiger partial charge is 0.231 e. The number of aromatic nitrogens is 2. The highest BCUT2D eigenvalue weighted by Crippen LogP contribution is 2.31. The van der Waals surface area contributed by atoms with Gasteiger partial charge in [0.15, 0.2) is 12.4 Å². The molecule has 1 aliphatic heterocycles. The molecule has 3 aromatic rings. The van der Waals surface area contributed by atoms with E-state index < -0.39 is 5.82 Å². The molecule has 1 aliphatic rings. The molecule has 0 N–H and O–H groups in total. The van der Waals surface area contributed by atoms with Crippen molar-refractivity contribution in [2.45, 2.75) is 6.54 Å². The lowest BCUT2D eigenvalue weighted by Crippen LogP contribution is -2.20. The summed E-state index contributed by atoms with van der Waals surface area (Å²) in [6.07, 6.45) is 1.68. The largest absolute Gasteiger partial charge is 0.623 e. The molecule has 0 fully saturated rings. The van der Waals surface area contributed by atoms with Crippen LogP contribution in [0.25, 0.3) is 5.69 Å². The third kappa shape index (κ3) is 2.54. The molecule has 0 spiro atoms. The summed E-state index contributed by atoms with van der Waals surface area (Å²) in [5.41, 5.74) is 2.55. The number of imidazole rings is 1. The van der Waals surface area contributed by atoms with Crippen LogP contribution in [0.4, 0.5) is 10.2 Å². The van der Waals surface area contributed by atoms with E-state index in [2.05, 4.69) is 4.98 Å². The zero-order chi connectivity index (χ0) is 18.4. The van der Waals surface area contributed by atoms with Crippen molar-refractivity contribution in [3.8, 4) is 5.69 Å². The Morgan fingerprint density at radius 2 is 1.96 bits per heavy atom. The summed E-state index contributed by atoms with van der Waals surface area (Å²) in [5.74, 6) is 0.244. The van der Waals surface area contributed by atoms with Crippen LogP contribution in [0.2, 0.25) is 5.02 Å². The highest BCUT2D eigenvalue weighted by atomic mass is 35.5. The van der Waals surface area contributed by atoms with Crippen molar-refractivity contribution in [2.24, 2.45) is 0 Å². The maximum atomic E-state index is 14.5. The first-order chi connectivity index (χ1) is 12.5. The Hall–Kier alpha value is -2.86. The monoisotopic (exact) mass is 370 g/mol. The second kappa shape index (κ2) is 6.14. The van der Waals surface area contributed by atoms with Gasteiger partial charge < -0.3 is 10.1 Å². The topological polar surface area (TPSA) is 47.1 Å². The van der Waals surface area contributed by atoms with E-state index in [1.165, 1.54) is 6.07 Å².